The molecule has 0 bridgehead atoms. The van der Waals surface area contributed by atoms with Crippen LogP contribution in [-0.2, 0) is 30.4 Å². The molecule has 1 aromatic heterocycles. The molecular weight excluding hydrogens is 1180 g/mol. The van der Waals surface area contributed by atoms with Crippen molar-refractivity contribution in [3.05, 3.63) is 90.6 Å². The fourth-order valence-electron chi connectivity index (χ4n) is 7.36. The maximum Gasteiger partial charge on any atom is 0.358 e. The Labute approximate surface area is 473 Å². The predicted octanol–water partition coefficient (Wildman–Crippen LogP) is 7.04. The molecule has 0 unspecified atom stereocenters. The van der Waals surface area contributed by atoms with Gasteiger partial charge in [-0.3, -0.25) is 13.7 Å². The van der Waals surface area contributed by atoms with Crippen LogP contribution in [0.4, 0.5) is 45.5 Å². The van der Waals surface area contributed by atoms with Crippen molar-refractivity contribution in [3.8, 4) is 51.8 Å². The molecule has 10 N–H and O–H groups in total. The summed E-state index contributed by atoms with van der Waals surface area (Å²) in [5, 5.41) is 107. The second-order valence-corrected chi connectivity index (χ2v) is 20.6. The zero-order valence-electron chi connectivity index (χ0n) is 43.2. The molecule has 444 valence electrons. The summed E-state index contributed by atoms with van der Waals surface area (Å²) in [5.74, 6) is -4.74. The number of phenols is 1. The molecule has 0 aliphatic rings. The van der Waals surface area contributed by atoms with Gasteiger partial charge in [0.2, 0.25) is 11.6 Å². The molecule has 1 heterocycles. The molecular formula is C48H46N10O23S3. The molecule has 7 aromatic rings. The molecule has 0 radical (unpaired) electrons. The number of aromatic hydroxyl groups is 2. The quantitative estimate of drug-likeness (QED) is 0.0182. The molecule has 0 saturated heterocycles. The number of rotatable bonds is 27. The summed E-state index contributed by atoms with van der Waals surface area (Å²) in [6.07, 6.45) is 0. The van der Waals surface area contributed by atoms with Crippen LogP contribution < -0.4 is 28.4 Å². The fourth-order valence-corrected chi connectivity index (χ4v) is 9.28. The molecule has 0 amide bonds. The topological polar surface area (TPSA) is 494 Å². The van der Waals surface area contributed by atoms with Gasteiger partial charge in [0.15, 0.2) is 11.4 Å². The third kappa shape index (κ3) is 14.4. The number of aromatic carboxylic acids is 1. The molecule has 0 spiro atoms. The third-order valence-corrected chi connectivity index (χ3v) is 13.7. The van der Waals surface area contributed by atoms with Crippen molar-refractivity contribution < 1.29 is 108 Å². The van der Waals surface area contributed by atoms with Crippen LogP contribution in [0.15, 0.2) is 141 Å². The van der Waals surface area contributed by atoms with Crippen LogP contribution in [0.1, 0.15) is 10.5 Å². The Kier molecular flexibility index (Phi) is 19.8. The molecule has 84 heavy (non-hydrogen) atoms. The first-order valence-corrected chi connectivity index (χ1v) is 27.9. The number of aliphatic hydroxyl groups excluding tert-OH is 4. The highest BCUT2D eigenvalue weighted by Gasteiger charge is 2.29. The first-order chi connectivity index (χ1) is 39.9. The minimum absolute atomic E-state index is 0.0456. The number of fused-ring (bicyclic) bond motifs is 1. The highest BCUT2D eigenvalue weighted by atomic mass is 32.2. The van der Waals surface area contributed by atoms with Crippen LogP contribution >= 0.6 is 0 Å². The molecule has 36 heteroatoms. The minimum Gasteiger partial charge on any atom is -0.505 e. The van der Waals surface area contributed by atoms with E-state index in [0.29, 0.717) is 4.68 Å². The largest absolute Gasteiger partial charge is 0.505 e. The summed E-state index contributed by atoms with van der Waals surface area (Å²) < 4.78 is 138. The van der Waals surface area contributed by atoms with Gasteiger partial charge in [-0.15, -0.1) is 40.9 Å². The second kappa shape index (κ2) is 26.7. The first-order valence-electron chi connectivity index (χ1n) is 23.6. The monoisotopic (exact) mass is 1230 g/mol. The van der Waals surface area contributed by atoms with Gasteiger partial charge in [-0.2, -0.15) is 35.0 Å². The predicted molar refractivity (Wildman–Crippen MR) is 287 cm³/mol. The van der Waals surface area contributed by atoms with Crippen molar-refractivity contribution in [2.75, 3.05) is 67.1 Å². The number of methoxy groups -OCH3 is 2. The summed E-state index contributed by atoms with van der Waals surface area (Å²) in [7, 11) is -12.7. The minimum atomic E-state index is -5.42. The van der Waals surface area contributed by atoms with E-state index in [1.54, 1.807) is 0 Å². The van der Waals surface area contributed by atoms with Crippen LogP contribution in [0.3, 0.4) is 0 Å². The first kappa shape index (κ1) is 62.2. The number of aromatic nitrogens is 2. The van der Waals surface area contributed by atoms with E-state index in [-0.39, 0.29) is 98.3 Å². The summed E-state index contributed by atoms with van der Waals surface area (Å²) >= 11 is 0. The average Bonchev–Trinajstić information content (AvgIpc) is 1.85. The van der Waals surface area contributed by atoms with E-state index in [4.69, 9.17) is 28.4 Å². The molecule has 0 atom stereocenters. The van der Waals surface area contributed by atoms with Gasteiger partial charge in [0.05, 0.1) is 46.3 Å². The Balaban J connectivity index is 1.32. The van der Waals surface area contributed by atoms with E-state index in [9.17, 15) is 79.5 Å². The van der Waals surface area contributed by atoms with Crippen molar-refractivity contribution in [2.24, 2.45) is 40.9 Å². The van der Waals surface area contributed by atoms with E-state index < -0.39 is 119 Å². The van der Waals surface area contributed by atoms with Crippen molar-refractivity contribution in [1.82, 2.24) is 9.78 Å². The number of carbonyl (C=O) groups is 1. The number of hydrogen-bond donors (Lipinski definition) is 10. The van der Waals surface area contributed by atoms with Crippen molar-refractivity contribution in [3.63, 3.8) is 0 Å². The number of hydrogen-bond acceptors (Lipinski definition) is 28. The van der Waals surface area contributed by atoms with Crippen molar-refractivity contribution in [1.29, 1.82) is 0 Å². The van der Waals surface area contributed by atoms with Gasteiger partial charge in [-0.05, 0) is 36.4 Å². The Morgan fingerprint density at radius 3 is 1.24 bits per heavy atom. The number of nitrogens with zero attached hydrogens (tertiary/aromatic N) is 10. The van der Waals surface area contributed by atoms with Crippen LogP contribution in [0, 0.1) is 0 Å². The summed E-state index contributed by atoms with van der Waals surface area (Å²) in [5.41, 5.74) is -4.85. The van der Waals surface area contributed by atoms with E-state index in [2.05, 4.69) is 46.0 Å². The van der Waals surface area contributed by atoms with Gasteiger partial charge in [0, 0.05) is 47.2 Å². The molecule has 7 rings (SSSR count). The number of aliphatic hydroxyl groups is 4. The zero-order chi connectivity index (χ0) is 61.1. The Bertz CT molecular complexity index is 4120. The van der Waals surface area contributed by atoms with Gasteiger partial charge < -0.3 is 64.2 Å². The average molecular weight is 1230 g/mol. The van der Waals surface area contributed by atoms with Crippen LogP contribution in [0.5, 0.6) is 46.1 Å². The number of carboxylic acids is 1. The smallest absolute Gasteiger partial charge is 0.358 e. The van der Waals surface area contributed by atoms with Gasteiger partial charge in [-0.1, -0.05) is 12.1 Å². The van der Waals surface area contributed by atoms with E-state index in [1.807, 2.05) is 0 Å². The van der Waals surface area contributed by atoms with E-state index in [0.717, 1.165) is 48.5 Å². The maximum atomic E-state index is 13.1. The molecule has 0 aliphatic carbocycles. The van der Waals surface area contributed by atoms with Crippen LogP contribution in [-0.4, -0.2) is 157 Å². The van der Waals surface area contributed by atoms with Gasteiger partial charge in [0.1, 0.15) is 115 Å². The zero-order valence-corrected chi connectivity index (χ0v) is 45.7. The van der Waals surface area contributed by atoms with Gasteiger partial charge >= 0.3 is 5.97 Å². The standard InChI is InChI=1S/C48H46N10O23S3/c1-76-25-6-8-29(40(18-25)82(67,68)69)49-51-31-21-38(80-16-12-61)33(23-36(31)78-14-10-59)53-55-43-42(84(73,74)75)20-28-27(46(43)63)4-3-5-35(28)58-47(64)44(45(57-58)48(65)66)56-54-34-24-37(79-15-11-60)32(22-39(34)81-17-13-62)52-50-30-9-7-26(77-2)19-41(30)83(70,71)72/h3-9,18-24,59-64H,10-17H2,1-2H3,(H,65,66)(H,67,68,69)(H,70,71,72)(H,73,74,75)/b51-49+,52-50+,55-53+,56-54+. The van der Waals surface area contributed by atoms with Crippen molar-refractivity contribution in [2.45, 2.75) is 14.7 Å². The fraction of sp³-hybridized carbons (Fsp3) is 0.208. The molecule has 0 aliphatic heterocycles. The van der Waals surface area contributed by atoms with Gasteiger partial charge in [-0.25, -0.2) is 4.79 Å². The molecule has 33 nitrogen and oxygen atoms in total. The number of azo groups is 4. The lowest BCUT2D eigenvalue weighted by molar-refractivity contribution is 0.0690. The Morgan fingerprint density at radius 2 is 0.869 bits per heavy atom. The normalized spacial score (nSPS) is 12.3. The SMILES string of the molecule is COc1ccc(/N=N/c2cc(OCCO)c(/N=N/c3c(S(=O)(=O)O)cc4c(-n5nc(C(=O)O)c(/N=N/c6cc(OCCO)c(/N=N/c7ccc(OC)cc7S(=O)(=O)O)cc6OCCO)c5O)cccc4c3O)cc2OCCO)c(S(=O)(=O)O)c1. The Hall–Kier alpha value is -9.37. The summed E-state index contributed by atoms with van der Waals surface area (Å²) in [6, 6.07) is 15.8. The lowest BCUT2D eigenvalue weighted by Gasteiger charge is -2.14. The Morgan fingerprint density at radius 1 is 0.488 bits per heavy atom. The lowest BCUT2D eigenvalue weighted by atomic mass is 10.1. The lowest BCUT2D eigenvalue weighted by Crippen LogP contribution is -2.04. The molecule has 6 aromatic carbocycles. The number of phenolic OH excluding ortho intramolecular Hbond substituents is 1. The van der Waals surface area contributed by atoms with Crippen LogP contribution in [0.25, 0.3) is 16.5 Å². The van der Waals surface area contributed by atoms with Crippen molar-refractivity contribution >= 4 is 92.6 Å². The highest BCUT2D eigenvalue weighted by molar-refractivity contribution is 7.86. The maximum absolute atomic E-state index is 13.1. The number of benzene rings is 6. The molecule has 0 fully saturated rings. The summed E-state index contributed by atoms with van der Waals surface area (Å²) in [6.45, 7) is -3.79. The molecule has 0 saturated carbocycles. The van der Waals surface area contributed by atoms with Gasteiger partial charge in [0.25, 0.3) is 30.4 Å². The number of carboxylic acid groups (broad SMARTS) is 1. The second-order valence-electron chi connectivity index (χ2n) is 16.4. The highest BCUT2D eigenvalue weighted by Crippen LogP contribution is 2.48. The number of ether oxygens (including phenoxy) is 6. The van der Waals surface area contributed by atoms with E-state index in [1.165, 1.54) is 50.6 Å². The van der Waals surface area contributed by atoms with E-state index >= 15 is 0 Å². The third-order valence-electron chi connectivity index (χ3n) is 11.0. The van der Waals surface area contributed by atoms with Crippen LogP contribution in [0.2, 0.25) is 0 Å². The summed E-state index contributed by atoms with van der Waals surface area (Å²) in [4.78, 5) is 10.2.